The maximum absolute atomic E-state index is 12.9. The van der Waals surface area contributed by atoms with Crippen LogP contribution in [0, 0.1) is 0 Å². The molecular formula is C19H20N6O2. The number of amides is 1. The Morgan fingerprint density at radius 3 is 2.59 bits per heavy atom. The summed E-state index contributed by atoms with van der Waals surface area (Å²) in [6.07, 6.45) is 10.6. The Bertz CT molecular complexity index is 952. The molecule has 138 valence electrons. The van der Waals surface area contributed by atoms with Gasteiger partial charge in [0, 0.05) is 49.2 Å². The average molecular weight is 364 g/mol. The maximum atomic E-state index is 12.9. The lowest BCUT2D eigenvalue weighted by molar-refractivity contribution is 0.0549. The van der Waals surface area contributed by atoms with E-state index in [4.69, 9.17) is 4.52 Å². The molecule has 0 saturated carbocycles. The van der Waals surface area contributed by atoms with Gasteiger partial charge in [0.15, 0.2) is 0 Å². The number of carbonyl (C=O) groups is 1. The van der Waals surface area contributed by atoms with Crippen molar-refractivity contribution in [3.05, 3.63) is 48.6 Å². The first kappa shape index (κ1) is 16.2. The molecule has 3 aromatic heterocycles. The molecule has 0 N–H and O–H groups in total. The van der Waals surface area contributed by atoms with Gasteiger partial charge in [0.2, 0.25) is 11.7 Å². The fourth-order valence-corrected chi connectivity index (χ4v) is 4.39. The molecule has 5 heterocycles. The van der Waals surface area contributed by atoms with E-state index in [1.807, 2.05) is 24.1 Å². The van der Waals surface area contributed by atoms with E-state index >= 15 is 0 Å². The second-order valence-corrected chi connectivity index (χ2v) is 7.38. The molecule has 2 unspecified atom stereocenters. The normalized spacial score (nSPS) is 24.3. The van der Waals surface area contributed by atoms with Gasteiger partial charge >= 0.3 is 0 Å². The van der Waals surface area contributed by atoms with Crippen LogP contribution in [0.25, 0.3) is 11.4 Å². The summed E-state index contributed by atoms with van der Waals surface area (Å²) in [4.78, 5) is 27.8. The lowest BCUT2D eigenvalue weighted by Crippen LogP contribution is -2.46. The first-order valence-electron chi connectivity index (χ1n) is 9.23. The predicted octanol–water partition coefficient (Wildman–Crippen LogP) is 2.42. The molecule has 3 aromatic rings. The van der Waals surface area contributed by atoms with Gasteiger partial charge in [-0.1, -0.05) is 5.16 Å². The van der Waals surface area contributed by atoms with Crippen molar-refractivity contribution in [1.82, 2.24) is 29.6 Å². The Morgan fingerprint density at radius 2 is 1.93 bits per heavy atom. The second kappa shape index (κ2) is 6.29. The highest BCUT2D eigenvalue weighted by molar-refractivity contribution is 5.92. The summed E-state index contributed by atoms with van der Waals surface area (Å²) >= 11 is 0. The van der Waals surface area contributed by atoms with Gasteiger partial charge in [0.25, 0.3) is 5.91 Å². The van der Waals surface area contributed by atoms with Crippen molar-refractivity contribution in [3.8, 4) is 11.4 Å². The van der Waals surface area contributed by atoms with Gasteiger partial charge in [-0.15, -0.1) is 0 Å². The zero-order valence-electron chi connectivity index (χ0n) is 15.0. The molecule has 2 saturated heterocycles. The Hall–Kier alpha value is -3.03. The standard InChI is InChI=1S/C19H20N6O2/c1-24-10-16(21-11-24)19(26)25-14-2-3-15(25)9-13(8-14)18-22-17(23-27-18)12-4-6-20-7-5-12/h4-7,10-11,13-15H,2-3,8-9H2,1H3. The second-order valence-electron chi connectivity index (χ2n) is 7.38. The Labute approximate surface area is 156 Å². The smallest absolute Gasteiger partial charge is 0.274 e. The molecule has 0 aliphatic carbocycles. The molecule has 2 aliphatic heterocycles. The van der Waals surface area contributed by atoms with Crippen LogP contribution < -0.4 is 0 Å². The molecule has 8 nitrogen and oxygen atoms in total. The molecule has 1 amide bonds. The van der Waals surface area contributed by atoms with Crippen LogP contribution in [0.2, 0.25) is 0 Å². The summed E-state index contributed by atoms with van der Waals surface area (Å²) in [5.74, 6) is 1.48. The van der Waals surface area contributed by atoms with E-state index in [1.165, 1.54) is 0 Å². The van der Waals surface area contributed by atoms with Crippen LogP contribution in [-0.2, 0) is 7.05 Å². The van der Waals surface area contributed by atoms with Gasteiger partial charge in [-0.3, -0.25) is 9.78 Å². The summed E-state index contributed by atoms with van der Waals surface area (Å²) in [6.45, 7) is 0. The third-order valence-electron chi connectivity index (χ3n) is 5.62. The molecule has 2 aliphatic rings. The molecular weight excluding hydrogens is 344 g/mol. The number of hydrogen-bond acceptors (Lipinski definition) is 6. The number of rotatable bonds is 3. The SMILES string of the molecule is Cn1cnc(C(=O)N2C3CCC2CC(c2nc(-c4ccncc4)no2)C3)c1. The molecule has 8 heteroatoms. The average Bonchev–Trinajstić information content (AvgIpc) is 3.40. The Morgan fingerprint density at radius 1 is 1.19 bits per heavy atom. The number of pyridine rings is 1. The van der Waals surface area contributed by atoms with E-state index in [0.717, 1.165) is 31.2 Å². The fourth-order valence-electron chi connectivity index (χ4n) is 4.39. The van der Waals surface area contributed by atoms with Gasteiger partial charge in [-0.25, -0.2) is 4.98 Å². The first-order chi connectivity index (χ1) is 13.2. The van der Waals surface area contributed by atoms with E-state index in [9.17, 15) is 4.79 Å². The highest BCUT2D eigenvalue weighted by Gasteiger charge is 2.45. The van der Waals surface area contributed by atoms with E-state index in [0.29, 0.717) is 17.4 Å². The number of carbonyl (C=O) groups excluding carboxylic acids is 1. The summed E-state index contributed by atoms with van der Waals surface area (Å²) in [7, 11) is 1.88. The van der Waals surface area contributed by atoms with Crippen molar-refractivity contribution in [2.24, 2.45) is 7.05 Å². The van der Waals surface area contributed by atoms with Gasteiger partial charge in [0.1, 0.15) is 5.69 Å². The Balaban J connectivity index is 1.34. The van der Waals surface area contributed by atoms with Crippen LogP contribution in [0.15, 0.2) is 41.6 Å². The molecule has 0 spiro atoms. The van der Waals surface area contributed by atoms with Crippen LogP contribution in [0.5, 0.6) is 0 Å². The van der Waals surface area contributed by atoms with E-state index in [-0.39, 0.29) is 23.9 Å². The summed E-state index contributed by atoms with van der Waals surface area (Å²) in [5.41, 5.74) is 1.41. The van der Waals surface area contributed by atoms with Gasteiger partial charge in [-0.2, -0.15) is 4.98 Å². The first-order valence-corrected chi connectivity index (χ1v) is 9.23. The molecule has 0 aromatic carbocycles. The number of piperidine rings is 1. The van der Waals surface area contributed by atoms with Gasteiger partial charge < -0.3 is 14.0 Å². The summed E-state index contributed by atoms with van der Waals surface area (Å²) in [6, 6.07) is 4.15. The van der Waals surface area contributed by atoms with Gasteiger partial charge in [0.05, 0.1) is 6.33 Å². The van der Waals surface area contributed by atoms with Crippen LogP contribution in [0.4, 0.5) is 0 Å². The Kier molecular flexibility index (Phi) is 3.77. The van der Waals surface area contributed by atoms with Crippen molar-refractivity contribution in [1.29, 1.82) is 0 Å². The lowest BCUT2D eigenvalue weighted by atomic mass is 9.90. The molecule has 27 heavy (non-hydrogen) atoms. The minimum absolute atomic E-state index is 0.0320. The summed E-state index contributed by atoms with van der Waals surface area (Å²) in [5, 5.41) is 4.13. The monoisotopic (exact) mass is 364 g/mol. The quantitative estimate of drug-likeness (QED) is 0.709. The van der Waals surface area contributed by atoms with Gasteiger partial charge in [-0.05, 0) is 37.8 Å². The third-order valence-corrected chi connectivity index (χ3v) is 5.62. The van der Waals surface area contributed by atoms with Crippen LogP contribution in [0.1, 0.15) is 48.0 Å². The molecule has 0 radical (unpaired) electrons. The zero-order valence-corrected chi connectivity index (χ0v) is 15.0. The number of aryl methyl sites for hydroxylation is 1. The lowest BCUT2D eigenvalue weighted by Gasteiger charge is -2.37. The molecule has 5 rings (SSSR count). The molecule has 2 atom stereocenters. The van der Waals surface area contributed by atoms with Crippen molar-refractivity contribution in [3.63, 3.8) is 0 Å². The predicted molar refractivity (Wildman–Crippen MR) is 95.7 cm³/mol. The number of aromatic nitrogens is 5. The summed E-state index contributed by atoms with van der Waals surface area (Å²) < 4.78 is 7.37. The maximum Gasteiger partial charge on any atom is 0.274 e. The number of hydrogen-bond donors (Lipinski definition) is 0. The highest BCUT2D eigenvalue weighted by Crippen LogP contribution is 2.43. The van der Waals surface area contributed by atoms with Crippen molar-refractivity contribution in [2.75, 3.05) is 0 Å². The van der Waals surface area contributed by atoms with Crippen molar-refractivity contribution < 1.29 is 9.32 Å². The third kappa shape index (κ3) is 2.81. The van der Waals surface area contributed by atoms with Crippen molar-refractivity contribution in [2.45, 2.75) is 43.7 Å². The number of nitrogens with zero attached hydrogens (tertiary/aromatic N) is 6. The highest BCUT2D eigenvalue weighted by atomic mass is 16.5. The van der Waals surface area contributed by atoms with Crippen LogP contribution in [-0.4, -0.2) is 47.6 Å². The van der Waals surface area contributed by atoms with E-state index in [1.54, 1.807) is 29.5 Å². The van der Waals surface area contributed by atoms with Crippen LogP contribution >= 0.6 is 0 Å². The van der Waals surface area contributed by atoms with E-state index < -0.39 is 0 Å². The number of fused-ring (bicyclic) bond motifs is 2. The minimum Gasteiger partial charge on any atom is -0.340 e. The van der Waals surface area contributed by atoms with Crippen LogP contribution in [0.3, 0.4) is 0 Å². The van der Waals surface area contributed by atoms with Crippen molar-refractivity contribution >= 4 is 5.91 Å². The molecule has 2 fully saturated rings. The minimum atomic E-state index is 0.0320. The topological polar surface area (TPSA) is 89.9 Å². The van der Waals surface area contributed by atoms with E-state index in [2.05, 4.69) is 20.1 Å². The molecule has 2 bridgehead atoms. The fraction of sp³-hybridized carbons (Fsp3) is 0.421. The number of imidazole rings is 1. The largest absolute Gasteiger partial charge is 0.340 e. The zero-order chi connectivity index (χ0) is 18.4.